The molecule has 0 radical (unpaired) electrons. The van der Waals surface area contributed by atoms with Crippen molar-refractivity contribution in [1.82, 2.24) is 0 Å². The van der Waals surface area contributed by atoms with E-state index in [1.54, 1.807) is 0 Å². The van der Waals surface area contributed by atoms with E-state index in [4.69, 9.17) is 10.5 Å². The van der Waals surface area contributed by atoms with Crippen LogP contribution in [0.2, 0.25) is 0 Å². The molecule has 1 atom stereocenters. The Morgan fingerprint density at radius 1 is 1.26 bits per heavy atom. The van der Waals surface area contributed by atoms with Gasteiger partial charge < -0.3 is 10.5 Å². The quantitative estimate of drug-likeness (QED) is 0.723. The summed E-state index contributed by atoms with van der Waals surface area (Å²) >= 11 is 5.81. The van der Waals surface area contributed by atoms with Gasteiger partial charge in [-0.15, -0.1) is 0 Å². The van der Waals surface area contributed by atoms with Gasteiger partial charge in [0.05, 0.1) is 12.6 Å². The molecule has 0 aliphatic carbocycles. The van der Waals surface area contributed by atoms with Gasteiger partial charge in [0.25, 0.3) is 0 Å². The van der Waals surface area contributed by atoms with Gasteiger partial charge in [0.15, 0.2) is 0 Å². The van der Waals surface area contributed by atoms with E-state index in [-0.39, 0.29) is 6.04 Å². The summed E-state index contributed by atoms with van der Waals surface area (Å²) in [6.45, 7) is 2.64. The molecule has 0 heterocycles. The van der Waals surface area contributed by atoms with Crippen molar-refractivity contribution >= 4 is 38.5 Å². The maximum Gasteiger partial charge on any atom is 0.119 e. The van der Waals surface area contributed by atoms with Crippen molar-refractivity contribution in [3.05, 3.63) is 61.6 Å². The fraction of sp³-hybridized carbons (Fsp3) is 0.200. The summed E-state index contributed by atoms with van der Waals surface area (Å²) in [6.07, 6.45) is 0. The first-order valence-electron chi connectivity index (χ1n) is 6.05. The number of nitrogens with two attached hydrogens (primary N) is 1. The van der Waals surface area contributed by atoms with Gasteiger partial charge in [-0.1, -0.05) is 28.1 Å². The smallest absolute Gasteiger partial charge is 0.119 e. The first-order valence-corrected chi connectivity index (χ1v) is 7.92. The maximum absolute atomic E-state index is 6.37. The van der Waals surface area contributed by atoms with E-state index in [2.05, 4.69) is 50.7 Å². The van der Waals surface area contributed by atoms with Gasteiger partial charge in [0.2, 0.25) is 0 Å². The molecule has 0 aliphatic rings. The van der Waals surface area contributed by atoms with E-state index in [0.717, 1.165) is 24.9 Å². The predicted molar refractivity (Wildman–Crippen MR) is 90.5 cm³/mol. The zero-order chi connectivity index (χ0) is 13.8. The second kappa shape index (κ2) is 6.72. The molecule has 100 valence electrons. The summed E-state index contributed by atoms with van der Waals surface area (Å²) in [5.74, 6) is 0.862. The first kappa shape index (κ1) is 14.8. The lowest BCUT2D eigenvalue weighted by molar-refractivity contribution is 0.340. The van der Waals surface area contributed by atoms with Crippen molar-refractivity contribution in [2.75, 3.05) is 6.61 Å². The van der Waals surface area contributed by atoms with Crippen LogP contribution in [0.25, 0.3) is 0 Å². The molecular weight excluding hydrogens is 417 g/mol. The Labute approximate surface area is 135 Å². The van der Waals surface area contributed by atoms with Crippen LogP contribution in [0.4, 0.5) is 0 Å². The third-order valence-corrected chi connectivity index (χ3v) is 4.30. The molecule has 0 aromatic heterocycles. The normalized spacial score (nSPS) is 12.2. The number of ether oxygens (including phenoxy) is 1. The van der Waals surface area contributed by atoms with Crippen molar-refractivity contribution in [3.63, 3.8) is 0 Å². The predicted octanol–water partition coefficient (Wildman–Crippen LogP) is 4.50. The topological polar surface area (TPSA) is 35.2 Å². The fourth-order valence-electron chi connectivity index (χ4n) is 1.90. The van der Waals surface area contributed by atoms with Gasteiger partial charge in [-0.25, -0.2) is 0 Å². The second-order valence-corrected chi connectivity index (χ2v) is 6.23. The van der Waals surface area contributed by atoms with Crippen LogP contribution in [0.1, 0.15) is 24.1 Å². The number of rotatable bonds is 4. The largest absolute Gasteiger partial charge is 0.494 e. The third-order valence-electron chi connectivity index (χ3n) is 2.82. The Hall–Kier alpha value is -0.590. The Kier molecular flexibility index (Phi) is 5.24. The average molecular weight is 432 g/mol. The van der Waals surface area contributed by atoms with Gasteiger partial charge in [-0.05, 0) is 71.0 Å². The fourth-order valence-corrected chi connectivity index (χ4v) is 2.95. The molecule has 0 amide bonds. The van der Waals surface area contributed by atoms with Gasteiger partial charge in [0, 0.05) is 8.04 Å². The highest BCUT2D eigenvalue weighted by molar-refractivity contribution is 14.1. The molecule has 2 rings (SSSR count). The molecule has 2 aromatic carbocycles. The Morgan fingerprint density at radius 3 is 2.79 bits per heavy atom. The van der Waals surface area contributed by atoms with Crippen LogP contribution in [-0.4, -0.2) is 6.61 Å². The monoisotopic (exact) mass is 431 g/mol. The standard InChI is InChI=1S/C15H15BrINO/c1-2-19-12-5-3-4-10(8-12)15(18)13-9-11(16)6-7-14(13)17/h3-9,15H,2,18H2,1H3. The van der Waals surface area contributed by atoms with E-state index in [1.807, 2.05) is 37.3 Å². The molecule has 0 fully saturated rings. The van der Waals surface area contributed by atoms with Crippen molar-refractivity contribution in [2.24, 2.45) is 5.73 Å². The lowest BCUT2D eigenvalue weighted by Gasteiger charge is -2.16. The van der Waals surface area contributed by atoms with Crippen molar-refractivity contribution < 1.29 is 4.74 Å². The van der Waals surface area contributed by atoms with Gasteiger partial charge in [0.1, 0.15) is 5.75 Å². The van der Waals surface area contributed by atoms with Crippen molar-refractivity contribution in [1.29, 1.82) is 0 Å². The molecule has 1 unspecified atom stereocenters. The third kappa shape index (κ3) is 3.70. The van der Waals surface area contributed by atoms with Gasteiger partial charge in [-0.2, -0.15) is 0 Å². The van der Waals surface area contributed by atoms with Crippen LogP contribution in [0.5, 0.6) is 5.75 Å². The maximum atomic E-state index is 6.37. The van der Waals surface area contributed by atoms with E-state index in [0.29, 0.717) is 6.61 Å². The molecule has 0 bridgehead atoms. The zero-order valence-corrected chi connectivity index (χ0v) is 14.3. The molecule has 0 aliphatic heterocycles. The lowest BCUT2D eigenvalue weighted by Crippen LogP contribution is -2.13. The molecule has 0 spiro atoms. The minimum Gasteiger partial charge on any atom is -0.494 e. The average Bonchev–Trinajstić information content (AvgIpc) is 2.41. The minimum atomic E-state index is -0.148. The molecule has 0 saturated carbocycles. The molecule has 2 N–H and O–H groups in total. The van der Waals surface area contributed by atoms with Crippen molar-refractivity contribution in [3.8, 4) is 5.75 Å². The minimum absolute atomic E-state index is 0.148. The van der Waals surface area contributed by atoms with Crippen LogP contribution >= 0.6 is 38.5 Å². The van der Waals surface area contributed by atoms with Crippen LogP contribution < -0.4 is 10.5 Å². The highest BCUT2D eigenvalue weighted by Gasteiger charge is 2.13. The summed E-state index contributed by atoms with van der Waals surface area (Å²) in [5.41, 5.74) is 8.54. The SMILES string of the molecule is CCOc1cccc(C(N)c2cc(Br)ccc2I)c1. The van der Waals surface area contributed by atoms with Crippen LogP contribution in [0.15, 0.2) is 46.9 Å². The molecule has 2 nitrogen and oxygen atoms in total. The Bertz CT molecular complexity index is 574. The zero-order valence-electron chi connectivity index (χ0n) is 10.6. The number of hydrogen-bond acceptors (Lipinski definition) is 2. The van der Waals surface area contributed by atoms with Crippen LogP contribution in [0.3, 0.4) is 0 Å². The number of halogens is 2. The van der Waals surface area contributed by atoms with Crippen molar-refractivity contribution in [2.45, 2.75) is 13.0 Å². The summed E-state index contributed by atoms with van der Waals surface area (Å²) in [7, 11) is 0. The lowest BCUT2D eigenvalue weighted by atomic mass is 9.99. The summed E-state index contributed by atoms with van der Waals surface area (Å²) in [5, 5.41) is 0. The van der Waals surface area contributed by atoms with E-state index >= 15 is 0 Å². The molecule has 0 saturated heterocycles. The first-order chi connectivity index (χ1) is 9.11. The summed E-state index contributed by atoms with van der Waals surface area (Å²) in [6, 6.07) is 14.0. The Morgan fingerprint density at radius 2 is 2.05 bits per heavy atom. The van der Waals surface area contributed by atoms with E-state index in [1.165, 1.54) is 0 Å². The van der Waals surface area contributed by atoms with E-state index < -0.39 is 0 Å². The van der Waals surface area contributed by atoms with Crippen LogP contribution in [0, 0.1) is 3.57 Å². The van der Waals surface area contributed by atoms with Gasteiger partial charge >= 0.3 is 0 Å². The number of hydrogen-bond donors (Lipinski definition) is 1. The summed E-state index contributed by atoms with van der Waals surface area (Å²) < 4.78 is 7.72. The molecular formula is C15H15BrINO. The molecule has 2 aromatic rings. The summed E-state index contributed by atoms with van der Waals surface area (Å²) in [4.78, 5) is 0. The second-order valence-electron chi connectivity index (χ2n) is 4.15. The Balaban J connectivity index is 2.35. The van der Waals surface area contributed by atoms with E-state index in [9.17, 15) is 0 Å². The van der Waals surface area contributed by atoms with Gasteiger partial charge in [-0.3, -0.25) is 0 Å². The highest BCUT2D eigenvalue weighted by atomic mass is 127. The molecule has 4 heteroatoms. The highest BCUT2D eigenvalue weighted by Crippen LogP contribution is 2.28. The molecule has 19 heavy (non-hydrogen) atoms. The number of benzene rings is 2. The van der Waals surface area contributed by atoms with Crippen LogP contribution in [-0.2, 0) is 0 Å².